The summed E-state index contributed by atoms with van der Waals surface area (Å²) in [5.41, 5.74) is 3.22. The number of halogens is 1. The van der Waals surface area contributed by atoms with E-state index in [0.717, 1.165) is 41.0 Å². The number of benzene rings is 2. The molecule has 128 valence electrons. The first-order valence-corrected chi connectivity index (χ1v) is 8.90. The van der Waals surface area contributed by atoms with Crippen LogP contribution in [0.15, 0.2) is 48.5 Å². The molecule has 2 N–H and O–H groups in total. The molecule has 0 heterocycles. The Bertz CT molecular complexity index is 674. The van der Waals surface area contributed by atoms with Gasteiger partial charge in [-0.1, -0.05) is 48.0 Å². The molecule has 2 aromatic rings. The Labute approximate surface area is 155 Å². The zero-order chi connectivity index (χ0) is 17.5. The number of thiocarbonyl (C=S) groups is 1. The SMILES string of the molecule is Cc1c(Cl)cccc1NC(=S)N(CC[NH+](C)C)Cc1ccccc1. The highest BCUT2D eigenvalue weighted by molar-refractivity contribution is 7.80. The molecule has 24 heavy (non-hydrogen) atoms. The fourth-order valence-electron chi connectivity index (χ4n) is 2.35. The van der Waals surface area contributed by atoms with Crippen molar-refractivity contribution in [3.8, 4) is 0 Å². The van der Waals surface area contributed by atoms with E-state index in [-0.39, 0.29) is 0 Å². The number of hydrogen-bond acceptors (Lipinski definition) is 1. The number of anilines is 1. The molecule has 0 aliphatic carbocycles. The minimum absolute atomic E-state index is 0.727. The highest BCUT2D eigenvalue weighted by Crippen LogP contribution is 2.23. The fraction of sp³-hybridized carbons (Fsp3) is 0.316. The topological polar surface area (TPSA) is 19.7 Å². The van der Waals surface area contributed by atoms with Gasteiger partial charge in [-0.15, -0.1) is 0 Å². The van der Waals surface area contributed by atoms with E-state index in [4.69, 9.17) is 23.8 Å². The van der Waals surface area contributed by atoms with Crippen molar-refractivity contribution < 1.29 is 4.90 Å². The van der Waals surface area contributed by atoms with Crippen molar-refractivity contribution in [3.05, 3.63) is 64.7 Å². The van der Waals surface area contributed by atoms with E-state index in [2.05, 4.69) is 48.6 Å². The molecule has 5 heteroatoms. The molecule has 0 saturated carbocycles. The van der Waals surface area contributed by atoms with E-state index in [1.807, 2.05) is 31.2 Å². The van der Waals surface area contributed by atoms with Crippen LogP contribution in [0.4, 0.5) is 5.69 Å². The Kier molecular flexibility index (Phi) is 7.03. The second-order valence-electron chi connectivity index (χ2n) is 6.21. The maximum Gasteiger partial charge on any atom is 0.173 e. The van der Waals surface area contributed by atoms with Crippen molar-refractivity contribution in [2.24, 2.45) is 0 Å². The lowest BCUT2D eigenvalue weighted by molar-refractivity contribution is -0.857. The number of hydrogen-bond donors (Lipinski definition) is 2. The van der Waals surface area contributed by atoms with Crippen molar-refractivity contribution >= 4 is 34.6 Å². The van der Waals surface area contributed by atoms with E-state index in [1.165, 1.54) is 10.5 Å². The zero-order valence-electron chi connectivity index (χ0n) is 14.5. The monoisotopic (exact) mass is 362 g/mol. The fourth-order valence-corrected chi connectivity index (χ4v) is 2.79. The first-order valence-electron chi connectivity index (χ1n) is 8.11. The third kappa shape index (κ3) is 5.48. The van der Waals surface area contributed by atoms with E-state index in [1.54, 1.807) is 0 Å². The van der Waals surface area contributed by atoms with Crippen molar-refractivity contribution in [2.75, 3.05) is 32.5 Å². The summed E-state index contributed by atoms with van der Waals surface area (Å²) in [6.07, 6.45) is 0. The number of nitrogens with one attached hydrogen (secondary N) is 2. The molecule has 0 spiro atoms. The van der Waals surface area contributed by atoms with Gasteiger partial charge in [0.1, 0.15) is 0 Å². The van der Waals surface area contributed by atoms with Gasteiger partial charge in [0, 0.05) is 17.3 Å². The predicted molar refractivity (Wildman–Crippen MR) is 107 cm³/mol. The maximum absolute atomic E-state index is 6.21. The van der Waals surface area contributed by atoms with Gasteiger partial charge < -0.3 is 15.1 Å². The third-order valence-corrected chi connectivity index (χ3v) is 4.66. The summed E-state index contributed by atoms with van der Waals surface area (Å²) >= 11 is 11.9. The normalized spacial score (nSPS) is 10.7. The van der Waals surface area contributed by atoms with Crippen LogP contribution in [0.2, 0.25) is 5.02 Å². The summed E-state index contributed by atoms with van der Waals surface area (Å²) in [4.78, 5) is 3.60. The minimum atomic E-state index is 0.727. The van der Waals surface area contributed by atoms with Crippen molar-refractivity contribution in [2.45, 2.75) is 13.5 Å². The number of quaternary nitrogens is 1. The average molecular weight is 363 g/mol. The quantitative estimate of drug-likeness (QED) is 0.771. The van der Waals surface area contributed by atoms with Crippen LogP contribution in [0.3, 0.4) is 0 Å². The molecule has 0 saturated heterocycles. The van der Waals surface area contributed by atoms with Gasteiger partial charge >= 0.3 is 0 Å². The number of nitrogens with zero attached hydrogens (tertiary/aromatic N) is 1. The predicted octanol–water partition coefficient (Wildman–Crippen LogP) is 2.99. The maximum atomic E-state index is 6.21. The molecule has 0 radical (unpaired) electrons. The van der Waals surface area contributed by atoms with Gasteiger partial charge in [0.05, 0.1) is 27.2 Å². The summed E-state index contributed by atoms with van der Waals surface area (Å²) in [5.74, 6) is 0. The third-order valence-electron chi connectivity index (χ3n) is 3.89. The van der Waals surface area contributed by atoms with Crippen LogP contribution in [-0.2, 0) is 6.54 Å². The molecule has 0 amide bonds. The lowest BCUT2D eigenvalue weighted by atomic mass is 10.2. The molecule has 2 aromatic carbocycles. The van der Waals surface area contributed by atoms with Crippen LogP contribution in [0.25, 0.3) is 0 Å². The van der Waals surface area contributed by atoms with Crippen LogP contribution >= 0.6 is 23.8 Å². The van der Waals surface area contributed by atoms with E-state index in [0.29, 0.717) is 0 Å². The molecule has 0 atom stereocenters. The highest BCUT2D eigenvalue weighted by atomic mass is 35.5. The smallest absolute Gasteiger partial charge is 0.173 e. The van der Waals surface area contributed by atoms with Gasteiger partial charge in [0.15, 0.2) is 5.11 Å². The second-order valence-corrected chi connectivity index (χ2v) is 7.00. The second kappa shape index (κ2) is 9.02. The molecule has 0 aliphatic heterocycles. The molecular formula is C19H25ClN3S+. The largest absolute Gasteiger partial charge is 0.339 e. The molecule has 3 nitrogen and oxygen atoms in total. The van der Waals surface area contributed by atoms with Gasteiger partial charge in [0.2, 0.25) is 0 Å². The minimum Gasteiger partial charge on any atom is -0.339 e. The lowest BCUT2D eigenvalue weighted by Gasteiger charge is -2.27. The lowest BCUT2D eigenvalue weighted by Crippen LogP contribution is -3.06. The summed E-state index contributed by atoms with van der Waals surface area (Å²) in [6, 6.07) is 16.2. The molecule has 0 unspecified atom stereocenters. The van der Waals surface area contributed by atoms with Gasteiger partial charge in [-0.05, 0) is 42.4 Å². The first kappa shape index (κ1) is 18.7. The van der Waals surface area contributed by atoms with Crippen LogP contribution < -0.4 is 10.2 Å². The molecule has 2 rings (SSSR count). The standard InChI is InChI=1S/C19H24ClN3S/c1-15-17(20)10-7-11-18(15)21-19(24)23(13-12-22(2)3)14-16-8-5-4-6-9-16/h4-11H,12-14H2,1-3H3,(H,21,24)/p+1. The Morgan fingerprint density at radius 3 is 2.50 bits per heavy atom. The summed E-state index contributed by atoms with van der Waals surface area (Å²) in [5, 5.41) is 4.83. The summed E-state index contributed by atoms with van der Waals surface area (Å²) in [7, 11) is 4.30. The van der Waals surface area contributed by atoms with E-state index >= 15 is 0 Å². The van der Waals surface area contributed by atoms with Gasteiger partial charge in [-0.3, -0.25) is 0 Å². The van der Waals surface area contributed by atoms with Gasteiger partial charge in [-0.2, -0.15) is 0 Å². The molecular weight excluding hydrogens is 338 g/mol. The summed E-state index contributed by atoms with van der Waals surface area (Å²) in [6.45, 7) is 4.70. The van der Waals surface area contributed by atoms with E-state index < -0.39 is 0 Å². The first-order chi connectivity index (χ1) is 11.5. The van der Waals surface area contributed by atoms with Crippen molar-refractivity contribution in [1.29, 1.82) is 0 Å². The molecule has 0 fully saturated rings. The molecule has 0 aromatic heterocycles. The van der Waals surface area contributed by atoms with Crippen LogP contribution in [-0.4, -0.2) is 37.2 Å². The van der Waals surface area contributed by atoms with Crippen molar-refractivity contribution in [3.63, 3.8) is 0 Å². The van der Waals surface area contributed by atoms with Gasteiger partial charge in [0.25, 0.3) is 0 Å². The zero-order valence-corrected chi connectivity index (χ0v) is 16.0. The van der Waals surface area contributed by atoms with Gasteiger partial charge in [-0.25, -0.2) is 0 Å². The Morgan fingerprint density at radius 2 is 1.83 bits per heavy atom. The summed E-state index contributed by atoms with van der Waals surface area (Å²) < 4.78 is 0. The highest BCUT2D eigenvalue weighted by Gasteiger charge is 2.13. The molecule has 0 aliphatic rings. The number of likely N-dealkylation sites (N-methyl/N-ethyl adjacent to an activating group) is 1. The van der Waals surface area contributed by atoms with Crippen LogP contribution in [0.1, 0.15) is 11.1 Å². The Hall–Kier alpha value is -1.62. The molecule has 0 bridgehead atoms. The number of rotatable bonds is 6. The Morgan fingerprint density at radius 1 is 1.12 bits per heavy atom. The van der Waals surface area contributed by atoms with Crippen LogP contribution in [0.5, 0.6) is 0 Å². The Balaban J connectivity index is 2.12. The average Bonchev–Trinajstić information content (AvgIpc) is 2.56. The van der Waals surface area contributed by atoms with Crippen molar-refractivity contribution in [1.82, 2.24) is 4.90 Å². The van der Waals surface area contributed by atoms with Crippen LogP contribution in [0, 0.1) is 6.92 Å². The van der Waals surface area contributed by atoms with E-state index in [9.17, 15) is 0 Å².